The van der Waals surface area contributed by atoms with Crippen LogP contribution >= 0.6 is 0 Å². The first kappa shape index (κ1) is 21.3. The van der Waals surface area contributed by atoms with Gasteiger partial charge in [-0.05, 0) is 38.0 Å². The molecule has 0 radical (unpaired) electrons. The minimum absolute atomic E-state index is 0.256. The van der Waals surface area contributed by atoms with Gasteiger partial charge in [-0.1, -0.05) is 60.7 Å². The first-order chi connectivity index (χ1) is 16.1. The molecule has 6 nitrogen and oxygen atoms in total. The van der Waals surface area contributed by atoms with E-state index >= 15 is 0 Å². The van der Waals surface area contributed by atoms with Crippen molar-refractivity contribution in [3.8, 4) is 5.95 Å². The van der Waals surface area contributed by atoms with Crippen LogP contribution in [0, 0.1) is 20.8 Å². The molecule has 0 amide bonds. The van der Waals surface area contributed by atoms with E-state index in [2.05, 4.69) is 92.7 Å². The molecule has 0 saturated carbocycles. The molecule has 168 valence electrons. The van der Waals surface area contributed by atoms with Crippen molar-refractivity contribution in [2.75, 3.05) is 31.1 Å². The monoisotopic (exact) mass is 438 g/mol. The standard InChI is InChI=1S/C27H30N6/c1-20-19-25(29-27(28-20)33-22(3)18-21(2)30-33)31-14-16-32(17-15-31)26(23-10-6-4-7-11-23)24-12-8-5-9-13-24/h4-13,18-19,26H,14-17H2,1-3H3. The summed E-state index contributed by atoms with van der Waals surface area (Å²) in [6, 6.07) is 26.0. The van der Waals surface area contributed by atoms with Crippen LogP contribution in [-0.4, -0.2) is 50.8 Å². The molecular weight excluding hydrogens is 408 g/mol. The molecule has 0 bridgehead atoms. The van der Waals surface area contributed by atoms with Gasteiger partial charge < -0.3 is 4.90 Å². The second-order valence-electron chi connectivity index (χ2n) is 8.75. The van der Waals surface area contributed by atoms with Gasteiger partial charge in [0.2, 0.25) is 0 Å². The maximum Gasteiger partial charge on any atom is 0.252 e. The normalized spacial score (nSPS) is 14.7. The molecule has 6 heteroatoms. The maximum absolute atomic E-state index is 4.88. The number of aryl methyl sites for hydroxylation is 3. The minimum atomic E-state index is 0.256. The molecule has 0 atom stereocenters. The lowest BCUT2D eigenvalue weighted by Gasteiger charge is -2.40. The second-order valence-corrected chi connectivity index (χ2v) is 8.75. The van der Waals surface area contributed by atoms with E-state index in [-0.39, 0.29) is 6.04 Å². The predicted octanol–water partition coefficient (Wildman–Crippen LogP) is 4.50. The van der Waals surface area contributed by atoms with Crippen LogP contribution in [0.4, 0.5) is 5.82 Å². The van der Waals surface area contributed by atoms with E-state index in [9.17, 15) is 0 Å². The van der Waals surface area contributed by atoms with E-state index in [1.807, 2.05) is 25.5 Å². The summed E-state index contributed by atoms with van der Waals surface area (Å²) in [6.45, 7) is 9.83. The molecule has 3 heterocycles. The Morgan fingerprint density at radius 2 is 1.30 bits per heavy atom. The highest BCUT2D eigenvalue weighted by Crippen LogP contribution is 2.30. The number of piperazine rings is 1. The molecule has 1 aliphatic heterocycles. The third-order valence-electron chi connectivity index (χ3n) is 6.26. The van der Waals surface area contributed by atoms with Crippen molar-refractivity contribution in [2.24, 2.45) is 0 Å². The summed E-state index contributed by atoms with van der Waals surface area (Å²) in [5.74, 6) is 1.62. The van der Waals surface area contributed by atoms with Gasteiger partial charge in [0.15, 0.2) is 0 Å². The SMILES string of the molecule is Cc1cc(N2CCN(C(c3ccccc3)c3ccccc3)CC2)nc(-n2nc(C)cc2C)n1. The Morgan fingerprint density at radius 3 is 1.85 bits per heavy atom. The largest absolute Gasteiger partial charge is 0.354 e. The molecule has 4 aromatic rings. The van der Waals surface area contributed by atoms with Gasteiger partial charge in [-0.3, -0.25) is 4.90 Å². The third-order valence-corrected chi connectivity index (χ3v) is 6.26. The molecular formula is C27H30N6. The average molecular weight is 439 g/mol. The Labute approximate surface area is 195 Å². The predicted molar refractivity (Wildman–Crippen MR) is 132 cm³/mol. The molecule has 0 aliphatic carbocycles. The van der Waals surface area contributed by atoms with Gasteiger partial charge in [0.25, 0.3) is 5.95 Å². The van der Waals surface area contributed by atoms with Gasteiger partial charge in [0.05, 0.1) is 11.7 Å². The van der Waals surface area contributed by atoms with Gasteiger partial charge >= 0.3 is 0 Å². The summed E-state index contributed by atoms with van der Waals surface area (Å²) in [5, 5.41) is 4.58. The zero-order valence-electron chi connectivity index (χ0n) is 19.5. The number of aromatic nitrogens is 4. The van der Waals surface area contributed by atoms with E-state index in [1.54, 1.807) is 0 Å². The van der Waals surface area contributed by atoms with E-state index in [4.69, 9.17) is 4.98 Å². The fourth-order valence-electron chi connectivity index (χ4n) is 4.72. The third kappa shape index (κ3) is 4.52. The quantitative estimate of drug-likeness (QED) is 0.459. The van der Waals surface area contributed by atoms with Crippen molar-refractivity contribution in [2.45, 2.75) is 26.8 Å². The van der Waals surface area contributed by atoms with E-state index in [0.29, 0.717) is 5.95 Å². The summed E-state index contributed by atoms with van der Waals surface area (Å²) < 4.78 is 1.84. The maximum atomic E-state index is 4.88. The van der Waals surface area contributed by atoms with Crippen molar-refractivity contribution in [1.29, 1.82) is 0 Å². The highest BCUT2D eigenvalue weighted by molar-refractivity contribution is 5.43. The van der Waals surface area contributed by atoms with Crippen LogP contribution in [0.15, 0.2) is 72.8 Å². The summed E-state index contributed by atoms with van der Waals surface area (Å²) >= 11 is 0. The lowest BCUT2D eigenvalue weighted by molar-refractivity contribution is 0.212. The molecule has 2 aromatic heterocycles. The first-order valence-corrected chi connectivity index (χ1v) is 11.6. The molecule has 1 fully saturated rings. The van der Waals surface area contributed by atoms with Crippen LogP contribution in [0.25, 0.3) is 5.95 Å². The van der Waals surface area contributed by atoms with Gasteiger partial charge in [0.1, 0.15) is 5.82 Å². The van der Waals surface area contributed by atoms with E-state index in [0.717, 1.165) is 49.1 Å². The molecule has 2 aromatic carbocycles. The molecule has 0 N–H and O–H groups in total. The summed E-state index contributed by atoms with van der Waals surface area (Å²) in [6.07, 6.45) is 0. The first-order valence-electron chi connectivity index (χ1n) is 11.6. The topological polar surface area (TPSA) is 50.1 Å². The number of rotatable bonds is 5. The van der Waals surface area contributed by atoms with Crippen LogP contribution in [0.3, 0.4) is 0 Å². The van der Waals surface area contributed by atoms with Crippen molar-refractivity contribution in [1.82, 2.24) is 24.6 Å². The lowest BCUT2D eigenvalue weighted by atomic mass is 9.96. The number of anilines is 1. The summed E-state index contributed by atoms with van der Waals surface area (Å²) in [4.78, 5) is 14.5. The highest BCUT2D eigenvalue weighted by atomic mass is 15.4. The number of hydrogen-bond acceptors (Lipinski definition) is 5. The molecule has 33 heavy (non-hydrogen) atoms. The highest BCUT2D eigenvalue weighted by Gasteiger charge is 2.27. The van der Waals surface area contributed by atoms with Crippen LogP contribution in [-0.2, 0) is 0 Å². The number of nitrogens with zero attached hydrogens (tertiary/aromatic N) is 6. The Hall–Kier alpha value is -3.51. The molecule has 5 rings (SSSR count). The van der Waals surface area contributed by atoms with Gasteiger partial charge in [-0.2, -0.15) is 10.1 Å². The fraction of sp³-hybridized carbons (Fsp3) is 0.296. The van der Waals surface area contributed by atoms with E-state index < -0.39 is 0 Å². The minimum Gasteiger partial charge on any atom is -0.354 e. The Kier molecular flexibility index (Phi) is 5.92. The zero-order chi connectivity index (χ0) is 22.8. The second kappa shape index (κ2) is 9.16. The van der Waals surface area contributed by atoms with Gasteiger partial charge in [-0.25, -0.2) is 9.67 Å². The summed E-state index contributed by atoms with van der Waals surface area (Å²) in [7, 11) is 0. The number of hydrogen-bond donors (Lipinski definition) is 0. The lowest BCUT2D eigenvalue weighted by Crippen LogP contribution is -2.48. The van der Waals surface area contributed by atoms with Crippen molar-refractivity contribution >= 4 is 5.82 Å². The van der Waals surface area contributed by atoms with Crippen molar-refractivity contribution in [3.05, 3.63) is 101 Å². The Morgan fingerprint density at radius 1 is 0.697 bits per heavy atom. The Bertz CT molecular complexity index is 1170. The van der Waals surface area contributed by atoms with Gasteiger partial charge in [0, 0.05) is 43.6 Å². The fourth-order valence-corrected chi connectivity index (χ4v) is 4.72. The van der Waals surface area contributed by atoms with Crippen LogP contribution in [0.2, 0.25) is 0 Å². The van der Waals surface area contributed by atoms with Crippen LogP contribution < -0.4 is 4.90 Å². The molecule has 1 aliphatic rings. The van der Waals surface area contributed by atoms with E-state index in [1.165, 1.54) is 11.1 Å². The van der Waals surface area contributed by atoms with Crippen LogP contribution in [0.1, 0.15) is 34.3 Å². The van der Waals surface area contributed by atoms with Gasteiger partial charge in [-0.15, -0.1) is 0 Å². The smallest absolute Gasteiger partial charge is 0.252 e. The average Bonchev–Trinajstić information content (AvgIpc) is 3.18. The molecule has 0 unspecified atom stereocenters. The molecule has 1 saturated heterocycles. The van der Waals surface area contributed by atoms with Crippen LogP contribution in [0.5, 0.6) is 0 Å². The van der Waals surface area contributed by atoms with Crippen molar-refractivity contribution in [3.63, 3.8) is 0 Å². The Balaban J connectivity index is 1.38. The molecule has 0 spiro atoms. The zero-order valence-corrected chi connectivity index (χ0v) is 19.5. The van der Waals surface area contributed by atoms with Crippen molar-refractivity contribution < 1.29 is 0 Å². The summed E-state index contributed by atoms with van der Waals surface area (Å²) in [5.41, 5.74) is 5.64. The number of benzene rings is 2.